The lowest BCUT2D eigenvalue weighted by molar-refractivity contribution is -0.137. The first kappa shape index (κ1) is 22.4. The van der Waals surface area contributed by atoms with Crippen molar-refractivity contribution in [2.24, 2.45) is 0 Å². The molecule has 0 aliphatic carbocycles. The number of aromatic nitrogens is 1. The van der Waals surface area contributed by atoms with Gasteiger partial charge in [0.2, 0.25) is 0 Å². The summed E-state index contributed by atoms with van der Waals surface area (Å²) in [5.74, 6) is -0.546. The Morgan fingerprint density at radius 1 is 1.32 bits per heavy atom. The molecule has 0 saturated carbocycles. The van der Waals surface area contributed by atoms with E-state index in [4.69, 9.17) is 16.3 Å². The number of pyridine rings is 1. The van der Waals surface area contributed by atoms with E-state index in [1.165, 1.54) is 13.2 Å². The Morgan fingerprint density at radius 3 is 2.61 bits per heavy atom. The zero-order chi connectivity index (χ0) is 21.1. The van der Waals surface area contributed by atoms with Crippen LogP contribution in [0.5, 0.6) is 0 Å². The number of hydrogen-bond donors (Lipinski definition) is 2. The quantitative estimate of drug-likeness (QED) is 0.643. The summed E-state index contributed by atoms with van der Waals surface area (Å²) >= 11 is 6.49. The molecule has 0 aliphatic heterocycles. The number of thiophene rings is 1. The summed E-state index contributed by atoms with van der Waals surface area (Å²) in [6, 6.07) is 1.24. The molecule has 2 N–H and O–H groups in total. The first-order valence-electron chi connectivity index (χ1n) is 7.59. The number of urea groups is 1. The number of alkyl halides is 3. The summed E-state index contributed by atoms with van der Waals surface area (Å²) in [5.41, 5.74) is -0.420. The van der Waals surface area contributed by atoms with Gasteiger partial charge in [0.15, 0.2) is 0 Å². The maximum absolute atomic E-state index is 12.8. The molecule has 2 aromatic rings. The topological polar surface area (TPSA) is 97.4 Å². The average Bonchev–Trinajstić information content (AvgIpc) is 2.92. The molecule has 2 heterocycles. The number of anilines is 1. The Hall–Kier alpha value is -1.89. The summed E-state index contributed by atoms with van der Waals surface area (Å²) in [6.07, 6.45) is -4.21. The fraction of sp³-hybridized carbons (Fsp3) is 0.333. The van der Waals surface area contributed by atoms with Crippen LogP contribution < -0.4 is 10.0 Å². The van der Waals surface area contributed by atoms with Crippen LogP contribution in [0.3, 0.4) is 0 Å². The minimum atomic E-state index is -4.71. The minimum Gasteiger partial charge on any atom is -0.384 e. The molecule has 0 aliphatic rings. The maximum atomic E-state index is 12.8. The molecule has 2 aromatic heterocycles. The molecule has 0 radical (unpaired) electrons. The van der Waals surface area contributed by atoms with Gasteiger partial charge in [-0.25, -0.2) is 22.9 Å². The predicted octanol–water partition coefficient (Wildman–Crippen LogP) is 3.82. The van der Waals surface area contributed by atoms with E-state index >= 15 is 0 Å². The lowest BCUT2D eigenvalue weighted by Crippen LogP contribution is -2.34. The van der Waals surface area contributed by atoms with Crippen LogP contribution in [0, 0.1) is 6.92 Å². The third kappa shape index (κ3) is 5.80. The van der Waals surface area contributed by atoms with Crippen LogP contribution in [0.4, 0.5) is 23.8 Å². The van der Waals surface area contributed by atoms with Crippen LogP contribution in [0.15, 0.2) is 22.4 Å². The van der Waals surface area contributed by atoms with Gasteiger partial charge in [-0.15, -0.1) is 11.3 Å². The molecular formula is C15H15ClF3N3O4S2. The number of carbonyl (C=O) groups is 1. The molecule has 0 saturated heterocycles. The number of hydrogen-bond acceptors (Lipinski definition) is 6. The lowest BCUT2D eigenvalue weighted by atomic mass is 10.2. The molecule has 0 fully saturated rings. The Morgan fingerprint density at radius 2 is 2.00 bits per heavy atom. The molecule has 0 atom stereocenters. The molecule has 7 nitrogen and oxygen atoms in total. The molecule has 2 rings (SSSR count). The molecule has 0 aromatic carbocycles. The molecular weight excluding hydrogens is 443 g/mol. The first-order chi connectivity index (χ1) is 12.9. The Labute approximate surface area is 167 Å². The number of halogens is 4. The number of carbonyl (C=O) groups excluding carboxylic acids is 1. The number of nitrogens with one attached hydrogen (secondary N) is 2. The summed E-state index contributed by atoms with van der Waals surface area (Å²) in [6.45, 7) is 2.12. The number of ether oxygens (including phenoxy) is 1. The number of nitrogens with zero attached hydrogens (tertiary/aromatic N) is 1. The third-order valence-corrected chi connectivity index (χ3v) is 6.68. The summed E-state index contributed by atoms with van der Waals surface area (Å²) in [5, 5.41) is 1.43. The summed E-state index contributed by atoms with van der Waals surface area (Å²) in [4.78, 5) is 16.3. The highest BCUT2D eigenvalue weighted by molar-refractivity contribution is 7.92. The maximum Gasteiger partial charge on any atom is 0.416 e. The van der Waals surface area contributed by atoms with E-state index in [9.17, 15) is 26.4 Å². The zero-order valence-corrected chi connectivity index (χ0v) is 16.9. The Bertz CT molecular complexity index is 977. The molecule has 154 valence electrons. The van der Waals surface area contributed by atoms with Crippen molar-refractivity contribution in [1.82, 2.24) is 9.71 Å². The van der Waals surface area contributed by atoms with Crippen LogP contribution in [0.1, 0.15) is 16.0 Å². The van der Waals surface area contributed by atoms with Crippen molar-refractivity contribution >= 4 is 44.8 Å². The van der Waals surface area contributed by atoms with Gasteiger partial charge in [0.1, 0.15) is 15.2 Å². The fourth-order valence-corrected chi connectivity index (χ4v) is 4.79. The van der Waals surface area contributed by atoms with Gasteiger partial charge >= 0.3 is 12.2 Å². The number of amides is 2. The van der Waals surface area contributed by atoms with Crippen LogP contribution in [0.25, 0.3) is 0 Å². The second-order valence-corrected chi connectivity index (χ2v) is 8.97. The third-order valence-electron chi connectivity index (χ3n) is 3.39. The zero-order valence-electron chi connectivity index (χ0n) is 14.6. The van der Waals surface area contributed by atoms with E-state index in [2.05, 4.69) is 4.98 Å². The van der Waals surface area contributed by atoms with E-state index < -0.39 is 38.8 Å². The molecule has 13 heteroatoms. The van der Waals surface area contributed by atoms with Gasteiger partial charge in [-0.1, -0.05) is 11.6 Å². The lowest BCUT2D eigenvalue weighted by Gasteiger charge is -2.10. The summed E-state index contributed by atoms with van der Waals surface area (Å²) < 4.78 is 69.6. The second-order valence-electron chi connectivity index (χ2n) is 5.54. The van der Waals surface area contributed by atoms with Crippen molar-refractivity contribution in [1.29, 1.82) is 0 Å². The van der Waals surface area contributed by atoms with Crippen LogP contribution in [-0.4, -0.2) is 33.1 Å². The van der Waals surface area contributed by atoms with Gasteiger partial charge in [0.05, 0.1) is 12.2 Å². The molecule has 0 unspecified atom stereocenters. The Kier molecular flexibility index (Phi) is 6.91. The van der Waals surface area contributed by atoms with E-state index in [0.717, 1.165) is 16.2 Å². The van der Waals surface area contributed by atoms with Crippen molar-refractivity contribution in [3.05, 3.63) is 39.4 Å². The molecule has 0 bridgehead atoms. The van der Waals surface area contributed by atoms with E-state index in [1.807, 2.05) is 5.32 Å². The number of rotatable bonds is 6. The van der Waals surface area contributed by atoms with Crippen molar-refractivity contribution in [3.63, 3.8) is 0 Å². The fourth-order valence-electron chi connectivity index (χ4n) is 2.10. The van der Waals surface area contributed by atoms with Crippen molar-refractivity contribution in [3.8, 4) is 0 Å². The van der Waals surface area contributed by atoms with Gasteiger partial charge in [0.25, 0.3) is 10.0 Å². The minimum absolute atomic E-state index is 0.110. The van der Waals surface area contributed by atoms with Crippen molar-refractivity contribution in [2.45, 2.75) is 23.7 Å². The predicted molar refractivity (Wildman–Crippen MR) is 98.2 cm³/mol. The number of aryl methyl sites for hydroxylation is 1. The first-order valence-corrected chi connectivity index (χ1v) is 10.3. The van der Waals surface area contributed by atoms with Crippen LogP contribution in [-0.2, 0) is 27.4 Å². The van der Waals surface area contributed by atoms with Gasteiger partial charge in [-0.2, -0.15) is 13.2 Å². The smallest absolute Gasteiger partial charge is 0.384 e. The average molecular weight is 458 g/mol. The van der Waals surface area contributed by atoms with E-state index in [0.29, 0.717) is 30.7 Å². The molecule has 0 spiro atoms. The van der Waals surface area contributed by atoms with Gasteiger partial charge in [0, 0.05) is 18.4 Å². The van der Waals surface area contributed by atoms with Gasteiger partial charge < -0.3 is 4.74 Å². The second kappa shape index (κ2) is 8.64. The largest absolute Gasteiger partial charge is 0.416 e. The highest BCUT2D eigenvalue weighted by atomic mass is 35.5. The normalized spacial score (nSPS) is 12.1. The molecule has 28 heavy (non-hydrogen) atoms. The SMILES string of the molecule is COCCc1sc(S(=O)(=O)NC(=O)Nc2cc(C(F)(F)F)cc(Cl)n2)cc1C. The highest BCUT2D eigenvalue weighted by Crippen LogP contribution is 2.32. The van der Waals surface area contributed by atoms with Gasteiger partial charge in [-0.05, 0) is 30.7 Å². The number of sulfonamides is 1. The summed E-state index contributed by atoms with van der Waals surface area (Å²) in [7, 11) is -2.71. The van der Waals surface area contributed by atoms with E-state index in [-0.39, 0.29) is 4.21 Å². The standard InChI is InChI=1S/C15H15ClF3N3O4S2/c1-8-5-13(27-10(8)3-4-26-2)28(24,25)22-14(23)21-12-7-9(15(17,18)19)6-11(16)20-12/h5-7H,3-4H2,1-2H3,(H2,20,21,22,23). The highest BCUT2D eigenvalue weighted by Gasteiger charge is 2.32. The van der Waals surface area contributed by atoms with Gasteiger partial charge in [-0.3, -0.25) is 5.32 Å². The van der Waals surface area contributed by atoms with Crippen LogP contribution >= 0.6 is 22.9 Å². The van der Waals surface area contributed by atoms with Crippen molar-refractivity contribution < 1.29 is 31.1 Å². The Balaban J connectivity index is 2.15. The van der Waals surface area contributed by atoms with Crippen molar-refractivity contribution in [2.75, 3.05) is 19.0 Å². The van der Waals surface area contributed by atoms with E-state index in [1.54, 1.807) is 11.6 Å². The van der Waals surface area contributed by atoms with Crippen LogP contribution in [0.2, 0.25) is 5.15 Å². The number of methoxy groups -OCH3 is 1. The monoisotopic (exact) mass is 457 g/mol. The molecule has 2 amide bonds.